The smallest absolute Gasteiger partial charge is 0.163 e. The molecule has 94 valence electrons. The van der Waals surface area contributed by atoms with Gasteiger partial charge in [-0.15, -0.1) is 0 Å². The Morgan fingerprint density at radius 3 is 2.53 bits per heavy atom. The Morgan fingerprint density at radius 1 is 1.41 bits per heavy atom. The summed E-state index contributed by atoms with van der Waals surface area (Å²) in [6, 6.07) is 3.56. The number of hydrogen-bond donors (Lipinski definition) is 0. The lowest BCUT2D eigenvalue weighted by Gasteiger charge is -2.17. The highest BCUT2D eigenvalue weighted by atomic mass is 35.5. The fourth-order valence-corrected chi connectivity index (χ4v) is 1.90. The first-order chi connectivity index (χ1) is 7.97. The van der Waals surface area contributed by atoms with Gasteiger partial charge in [-0.1, -0.05) is 32.4 Å². The van der Waals surface area contributed by atoms with Crippen molar-refractivity contribution < 1.29 is 9.53 Å². The zero-order valence-corrected chi connectivity index (χ0v) is 11.6. The van der Waals surface area contributed by atoms with Gasteiger partial charge >= 0.3 is 0 Å². The highest BCUT2D eigenvalue weighted by molar-refractivity contribution is 6.31. The van der Waals surface area contributed by atoms with E-state index in [-0.39, 0.29) is 11.7 Å². The van der Waals surface area contributed by atoms with Crippen molar-refractivity contribution in [3.05, 3.63) is 28.3 Å². The van der Waals surface area contributed by atoms with E-state index in [1.165, 1.54) is 6.92 Å². The summed E-state index contributed by atoms with van der Waals surface area (Å²) in [7, 11) is 0. The van der Waals surface area contributed by atoms with E-state index in [1.54, 1.807) is 6.07 Å². The maximum Gasteiger partial charge on any atom is 0.163 e. The van der Waals surface area contributed by atoms with Gasteiger partial charge in [0.05, 0.1) is 12.2 Å². The molecule has 17 heavy (non-hydrogen) atoms. The van der Waals surface area contributed by atoms with Crippen LogP contribution in [0.2, 0.25) is 5.02 Å². The molecule has 0 saturated carbocycles. The number of halogens is 1. The minimum Gasteiger partial charge on any atom is -0.493 e. The third-order valence-electron chi connectivity index (χ3n) is 2.53. The number of rotatable bonds is 5. The minimum atomic E-state index is -0.0134. The van der Waals surface area contributed by atoms with Crippen molar-refractivity contribution >= 4 is 17.4 Å². The van der Waals surface area contributed by atoms with Gasteiger partial charge in [-0.3, -0.25) is 4.79 Å². The lowest BCUT2D eigenvalue weighted by Crippen LogP contribution is -2.06. The number of benzene rings is 1. The van der Waals surface area contributed by atoms with Crippen molar-refractivity contribution in [2.75, 3.05) is 6.61 Å². The number of hydrogen-bond acceptors (Lipinski definition) is 2. The average molecular weight is 255 g/mol. The van der Waals surface area contributed by atoms with Crippen LogP contribution in [-0.2, 0) is 0 Å². The van der Waals surface area contributed by atoms with Crippen LogP contribution < -0.4 is 4.74 Å². The molecule has 3 heteroatoms. The molecular weight excluding hydrogens is 236 g/mol. The van der Waals surface area contributed by atoms with Crippen molar-refractivity contribution in [1.82, 2.24) is 0 Å². The molecule has 0 unspecified atom stereocenters. The van der Waals surface area contributed by atoms with Gasteiger partial charge in [0.1, 0.15) is 5.75 Å². The largest absolute Gasteiger partial charge is 0.493 e. The van der Waals surface area contributed by atoms with Gasteiger partial charge in [0.25, 0.3) is 0 Å². The second-order valence-corrected chi connectivity index (χ2v) is 4.87. The molecule has 0 fully saturated rings. The molecule has 0 saturated heterocycles. The summed E-state index contributed by atoms with van der Waals surface area (Å²) in [5.41, 5.74) is 1.57. The molecule has 2 nitrogen and oxygen atoms in total. The Balaban J connectivity index is 3.31. The first-order valence-corrected chi connectivity index (χ1v) is 6.32. The first kappa shape index (κ1) is 14.0. The van der Waals surface area contributed by atoms with E-state index in [1.807, 2.05) is 13.0 Å². The predicted octanol–water partition coefficient (Wildman–Crippen LogP) is 4.45. The van der Waals surface area contributed by atoms with Crippen molar-refractivity contribution in [1.29, 1.82) is 0 Å². The van der Waals surface area contributed by atoms with Gasteiger partial charge in [-0.2, -0.15) is 0 Å². The quantitative estimate of drug-likeness (QED) is 0.726. The zero-order valence-electron chi connectivity index (χ0n) is 10.8. The van der Waals surface area contributed by atoms with E-state index in [0.29, 0.717) is 22.9 Å². The molecule has 0 amide bonds. The van der Waals surface area contributed by atoms with E-state index in [2.05, 4.69) is 13.8 Å². The van der Waals surface area contributed by atoms with Crippen molar-refractivity contribution in [3.63, 3.8) is 0 Å². The summed E-state index contributed by atoms with van der Waals surface area (Å²) < 4.78 is 5.72. The van der Waals surface area contributed by atoms with Crippen LogP contribution in [0.5, 0.6) is 5.75 Å². The van der Waals surface area contributed by atoms with E-state index in [4.69, 9.17) is 16.3 Å². The number of ketones is 1. The summed E-state index contributed by atoms with van der Waals surface area (Å²) >= 11 is 6.04. The topological polar surface area (TPSA) is 26.3 Å². The summed E-state index contributed by atoms with van der Waals surface area (Å²) in [6.07, 6.45) is 0.914. The molecule has 0 aliphatic heterocycles. The highest BCUT2D eigenvalue weighted by Crippen LogP contribution is 2.33. The number of carbonyl (C=O) groups excluding carboxylic acids is 1. The second kappa shape index (κ2) is 6.06. The molecule has 0 atom stereocenters. The molecule has 0 radical (unpaired) electrons. The van der Waals surface area contributed by atoms with Gasteiger partial charge in [-0.05, 0) is 37.0 Å². The average Bonchev–Trinajstić information content (AvgIpc) is 2.26. The molecule has 0 N–H and O–H groups in total. The number of carbonyl (C=O) groups is 1. The molecule has 0 aliphatic carbocycles. The van der Waals surface area contributed by atoms with Crippen LogP contribution in [0.25, 0.3) is 0 Å². The molecule has 1 rings (SSSR count). The van der Waals surface area contributed by atoms with Crippen molar-refractivity contribution in [3.8, 4) is 5.75 Å². The first-order valence-electron chi connectivity index (χ1n) is 5.94. The van der Waals surface area contributed by atoms with Crippen LogP contribution in [0.15, 0.2) is 12.1 Å². The van der Waals surface area contributed by atoms with Crippen molar-refractivity contribution in [2.45, 2.75) is 40.0 Å². The predicted molar refractivity (Wildman–Crippen MR) is 71.3 cm³/mol. The van der Waals surface area contributed by atoms with E-state index < -0.39 is 0 Å². The van der Waals surface area contributed by atoms with Crippen molar-refractivity contribution in [2.24, 2.45) is 0 Å². The standard InChI is InChI=1S/C14H19ClO2/c1-5-6-17-14-12(9(2)3)7-11(15)8-13(14)10(4)16/h7-9H,5-6H2,1-4H3. The maximum atomic E-state index is 11.6. The highest BCUT2D eigenvalue weighted by Gasteiger charge is 2.17. The molecule has 0 aromatic heterocycles. The SMILES string of the molecule is CCCOc1c(C(C)=O)cc(Cl)cc1C(C)C. The monoisotopic (exact) mass is 254 g/mol. The summed E-state index contributed by atoms with van der Waals surface area (Å²) in [4.78, 5) is 11.6. The van der Waals surface area contributed by atoms with Gasteiger partial charge in [-0.25, -0.2) is 0 Å². The summed E-state index contributed by atoms with van der Waals surface area (Å²) in [6.45, 7) is 8.32. The van der Waals surface area contributed by atoms with Gasteiger partial charge in [0.15, 0.2) is 5.78 Å². The van der Waals surface area contributed by atoms with Crippen LogP contribution in [-0.4, -0.2) is 12.4 Å². The lowest BCUT2D eigenvalue weighted by atomic mass is 9.97. The van der Waals surface area contributed by atoms with Crippen LogP contribution in [0.3, 0.4) is 0 Å². The molecule has 0 aliphatic rings. The third-order valence-corrected chi connectivity index (χ3v) is 2.75. The summed E-state index contributed by atoms with van der Waals surface area (Å²) in [5.74, 6) is 0.956. The molecule has 1 aromatic carbocycles. The van der Waals surface area contributed by atoms with Crippen LogP contribution >= 0.6 is 11.6 Å². The Hall–Kier alpha value is -1.02. The van der Waals surface area contributed by atoms with Crippen LogP contribution in [0, 0.1) is 0 Å². The molecule has 0 bridgehead atoms. The van der Waals surface area contributed by atoms with E-state index in [0.717, 1.165) is 12.0 Å². The molecule has 0 spiro atoms. The van der Waals surface area contributed by atoms with Gasteiger partial charge in [0, 0.05) is 5.02 Å². The van der Waals surface area contributed by atoms with Gasteiger partial charge in [0.2, 0.25) is 0 Å². The Bertz CT molecular complexity index is 411. The van der Waals surface area contributed by atoms with E-state index >= 15 is 0 Å². The Morgan fingerprint density at radius 2 is 2.06 bits per heavy atom. The Kier molecular flexibility index (Phi) is 5.01. The van der Waals surface area contributed by atoms with Crippen LogP contribution in [0.1, 0.15) is 56.0 Å². The second-order valence-electron chi connectivity index (χ2n) is 4.43. The minimum absolute atomic E-state index is 0.0134. The fraction of sp³-hybridized carbons (Fsp3) is 0.500. The zero-order chi connectivity index (χ0) is 13.0. The van der Waals surface area contributed by atoms with E-state index in [9.17, 15) is 4.79 Å². The molecular formula is C14H19ClO2. The summed E-state index contributed by atoms with van der Waals surface area (Å²) in [5, 5.41) is 0.586. The normalized spacial score (nSPS) is 10.7. The van der Waals surface area contributed by atoms with Gasteiger partial charge < -0.3 is 4.74 Å². The number of ether oxygens (including phenoxy) is 1. The Labute approximate surface area is 108 Å². The molecule has 1 aromatic rings. The fourth-order valence-electron chi connectivity index (χ4n) is 1.67. The molecule has 0 heterocycles. The lowest BCUT2D eigenvalue weighted by molar-refractivity contribution is 0.101. The maximum absolute atomic E-state index is 11.6. The van der Waals surface area contributed by atoms with Crippen LogP contribution in [0.4, 0.5) is 0 Å². The number of Topliss-reactive ketones (excluding diaryl/α,β-unsaturated/α-hetero) is 1. The third kappa shape index (κ3) is 3.47.